The molecule has 0 fully saturated rings. The Hall–Kier alpha value is -4.30. The molecule has 4 aromatic rings. The van der Waals surface area contributed by atoms with E-state index in [2.05, 4.69) is 103 Å². The molecule has 0 aliphatic carbocycles. The van der Waals surface area contributed by atoms with E-state index in [4.69, 9.17) is 0 Å². The Morgan fingerprint density at radius 3 is 1.80 bits per heavy atom. The molecular weight excluding hydrogens is 424 g/mol. The lowest BCUT2D eigenvalue weighted by Gasteiger charge is -2.16. The molecule has 0 N–H and O–H groups in total. The van der Waals surface area contributed by atoms with Crippen molar-refractivity contribution in [2.45, 2.75) is 20.8 Å². The van der Waals surface area contributed by atoms with Gasteiger partial charge >= 0.3 is 0 Å². The maximum Gasteiger partial charge on any atom is 0.0541 e. The first kappa shape index (κ1) is 23.8. The monoisotopic (exact) mass is 456 g/mol. The Bertz CT molecular complexity index is 1530. The zero-order valence-electron chi connectivity index (χ0n) is 20.9. The van der Waals surface area contributed by atoms with E-state index < -0.39 is 0 Å². The van der Waals surface area contributed by atoms with Crippen molar-refractivity contribution in [3.63, 3.8) is 0 Å². The van der Waals surface area contributed by atoms with Crippen LogP contribution in [0.1, 0.15) is 53.2 Å². The molecule has 2 heterocycles. The molecule has 0 aliphatic rings. The lowest BCUT2D eigenvalue weighted by atomic mass is 10.1. The standard InChI is InChI=1S/C33H32N2/c1-8-16-28-29-18-14-15-19-33(29)35(31(28)13-6)25-21-23(7)20-24(22-25)34-30(12-5)26(10-3)27(11-4)32(34)17-9-2/h8-22H,3-6H2,1-2,7H3/b16-8-,17-9-. The van der Waals surface area contributed by atoms with Gasteiger partial charge < -0.3 is 9.13 Å². The maximum absolute atomic E-state index is 4.16. The molecule has 2 nitrogen and oxygen atoms in total. The fourth-order valence-electron chi connectivity index (χ4n) is 4.98. The number of para-hydroxylation sites is 1. The summed E-state index contributed by atoms with van der Waals surface area (Å²) >= 11 is 0. The van der Waals surface area contributed by atoms with Crippen molar-refractivity contribution in [3.05, 3.63) is 120 Å². The zero-order chi connectivity index (χ0) is 25.1. The second kappa shape index (κ2) is 9.90. The smallest absolute Gasteiger partial charge is 0.0541 e. The second-order valence-corrected chi connectivity index (χ2v) is 8.43. The van der Waals surface area contributed by atoms with Crippen LogP contribution in [0.15, 0.2) is 80.9 Å². The van der Waals surface area contributed by atoms with Crippen LogP contribution in [0, 0.1) is 6.92 Å². The van der Waals surface area contributed by atoms with Crippen LogP contribution in [0.3, 0.4) is 0 Å². The summed E-state index contributed by atoms with van der Waals surface area (Å²) in [6.07, 6.45) is 16.0. The Morgan fingerprint density at radius 1 is 0.629 bits per heavy atom. The molecule has 0 saturated carbocycles. The number of allylic oxidation sites excluding steroid dienone is 2. The fraction of sp³-hybridized carbons (Fsp3) is 0.0909. The number of benzene rings is 2. The van der Waals surface area contributed by atoms with Crippen LogP contribution in [-0.2, 0) is 0 Å². The molecule has 0 radical (unpaired) electrons. The van der Waals surface area contributed by atoms with Crippen molar-refractivity contribution >= 4 is 47.4 Å². The Kier molecular flexibility index (Phi) is 6.75. The zero-order valence-corrected chi connectivity index (χ0v) is 20.9. The molecule has 2 aromatic carbocycles. The minimum atomic E-state index is 0.996. The van der Waals surface area contributed by atoms with Crippen molar-refractivity contribution in [2.75, 3.05) is 0 Å². The molecule has 0 unspecified atom stereocenters. The van der Waals surface area contributed by atoms with Crippen LogP contribution in [0.5, 0.6) is 0 Å². The highest BCUT2D eigenvalue weighted by atomic mass is 15.0. The quantitative estimate of drug-likeness (QED) is 0.250. The van der Waals surface area contributed by atoms with Gasteiger partial charge in [-0.2, -0.15) is 0 Å². The van der Waals surface area contributed by atoms with Crippen LogP contribution in [0.4, 0.5) is 0 Å². The number of aryl methyl sites for hydroxylation is 1. The van der Waals surface area contributed by atoms with Crippen molar-refractivity contribution in [1.29, 1.82) is 0 Å². The molecule has 0 atom stereocenters. The Morgan fingerprint density at radius 2 is 1.20 bits per heavy atom. The topological polar surface area (TPSA) is 9.86 Å². The normalized spacial score (nSPS) is 11.5. The first-order valence-corrected chi connectivity index (χ1v) is 11.8. The van der Waals surface area contributed by atoms with Crippen LogP contribution in [-0.4, -0.2) is 9.13 Å². The van der Waals surface area contributed by atoms with Crippen LogP contribution in [0.25, 0.3) is 58.7 Å². The SMILES string of the molecule is C=Cc1c(C=C)c(/C=C\C)n(-c2cc(C)cc(-n3c(C=C)c(/C=C\C)c4ccccc43)c2)c1C=C. The molecule has 4 rings (SSSR count). The summed E-state index contributed by atoms with van der Waals surface area (Å²) in [5, 5.41) is 1.20. The summed E-state index contributed by atoms with van der Waals surface area (Å²) in [7, 11) is 0. The average Bonchev–Trinajstić information content (AvgIpc) is 3.35. The highest BCUT2D eigenvalue weighted by Gasteiger charge is 2.19. The van der Waals surface area contributed by atoms with Crippen LogP contribution in [0.2, 0.25) is 0 Å². The Labute approximate surface area is 208 Å². The van der Waals surface area contributed by atoms with Gasteiger partial charge in [-0.05, 0) is 68.8 Å². The summed E-state index contributed by atoms with van der Waals surface area (Å²) < 4.78 is 4.53. The molecule has 35 heavy (non-hydrogen) atoms. The van der Waals surface area contributed by atoms with Gasteiger partial charge in [-0.25, -0.2) is 0 Å². The summed E-state index contributed by atoms with van der Waals surface area (Å²) in [5.74, 6) is 0. The van der Waals surface area contributed by atoms with Gasteiger partial charge in [0.1, 0.15) is 0 Å². The first-order chi connectivity index (χ1) is 17.0. The van der Waals surface area contributed by atoms with E-state index in [0.29, 0.717) is 0 Å². The summed E-state index contributed by atoms with van der Waals surface area (Å²) in [4.78, 5) is 0. The van der Waals surface area contributed by atoms with Crippen molar-refractivity contribution in [3.8, 4) is 11.4 Å². The van der Waals surface area contributed by atoms with E-state index in [-0.39, 0.29) is 0 Å². The van der Waals surface area contributed by atoms with Gasteiger partial charge in [0.25, 0.3) is 0 Å². The van der Waals surface area contributed by atoms with E-state index in [1.807, 2.05) is 44.2 Å². The van der Waals surface area contributed by atoms with Crippen molar-refractivity contribution in [2.24, 2.45) is 0 Å². The summed E-state index contributed by atoms with van der Waals surface area (Å²) in [5.41, 5.74) is 10.8. The third-order valence-corrected chi connectivity index (χ3v) is 6.29. The van der Waals surface area contributed by atoms with Gasteiger partial charge in [-0.1, -0.05) is 74.9 Å². The minimum Gasteiger partial charge on any atom is -0.309 e. The number of rotatable bonds is 8. The Balaban J connectivity index is 2.11. The predicted octanol–water partition coefficient (Wildman–Crippen LogP) is 9.37. The van der Waals surface area contributed by atoms with Crippen molar-refractivity contribution in [1.82, 2.24) is 9.13 Å². The van der Waals surface area contributed by atoms with Crippen LogP contribution < -0.4 is 0 Å². The van der Waals surface area contributed by atoms with Crippen LogP contribution >= 0.6 is 0 Å². The van der Waals surface area contributed by atoms with Gasteiger partial charge in [-0.3, -0.25) is 0 Å². The number of nitrogens with zero attached hydrogens (tertiary/aromatic N) is 2. The number of hydrogen-bond donors (Lipinski definition) is 0. The van der Waals surface area contributed by atoms with Gasteiger partial charge in [0, 0.05) is 33.5 Å². The molecule has 0 spiro atoms. The fourth-order valence-corrected chi connectivity index (χ4v) is 4.98. The number of fused-ring (bicyclic) bond motifs is 1. The number of aromatic nitrogens is 2. The van der Waals surface area contributed by atoms with Gasteiger partial charge in [0.05, 0.1) is 22.6 Å². The van der Waals surface area contributed by atoms with E-state index in [1.54, 1.807) is 0 Å². The van der Waals surface area contributed by atoms with E-state index in [1.165, 1.54) is 10.9 Å². The molecule has 2 aromatic heterocycles. The van der Waals surface area contributed by atoms with Gasteiger partial charge in [0.2, 0.25) is 0 Å². The van der Waals surface area contributed by atoms with Gasteiger partial charge in [0.15, 0.2) is 0 Å². The average molecular weight is 457 g/mol. The summed E-state index contributed by atoms with van der Waals surface area (Å²) in [6.45, 7) is 22.6. The van der Waals surface area contributed by atoms with Crippen molar-refractivity contribution < 1.29 is 0 Å². The molecule has 0 aliphatic heterocycles. The molecule has 0 bridgehead atoms. The van der Waals surface area contributed by atoms with E-state index in [9.17, 15) is 0 Å². The predicted molar refractivity (Wildman–Crippen MR) is 157 cm³/mol. The minimum absolute atomic E-state index is 0.996. The molecule has 174 valence electrons. The molecule has 0 saturated heterocycles. The first-order valence-electron chi connectivity index (χ1n) is 11.8. The largest absolute Gasteiger partial charge is 0.309 e. The van der Waals surface area contributed by atoms with E-state index in [0.717, 1.165) is 50.7 Å². The highest BCUT2D eigenvalue weighted by molar-refractivity contribution is 5.95. The lowest BCUT2D eigenvalue weighted by Crippen LogP contribution is -2.04. The van der Waals surface area contributed by atoms with E-state index >= 15 is 0 Å². The third-order valence-electron chi connectivity index (χ3n) is 6.29. The van der Waals surface area contributed by atoms with Gasteiger partial charge in [-0.15, -0.1) is 0 Å². The highest BCUT2D eigenvalue weighted by Crippen LogP contribution is 2.35. The summed E-state index contributed by atoms with van der Waals surface area (Å²) in [6, 6.07) is 15.2. The lowest BCUT2D eigenvalue weighted by molar-refractivity contribution is 1.02. The third kappa shape index (κ3) is 3.87. The molecule has 0 amide bonds. The maximum atomic E-state index is 4.16. The molecular formula is C33H32N2. The number of hydrogen-bond acceptors (Lipinski definition) is 0. The second-order valence-electron chi connectivity index (χ2n) is 8.43. The molecule has 2 heteroatoms.